The lowest BCUT2D eigenvalue weighted by molar-refractivity contribution is 0.102. The first kappa shape index (κ1) is 21.2. The Morgan fingerprint density at radius 2 is 1.74 bits per heavy atom. The van der Waals surface area contributed by atoms with E-state index in [9.17, 15) is 14.0 Å². The fourth-order valence-corrected chi connectivity index (χ4v) is 3.79. The monoisotopic (exact) mass is 458 g/mol. The van der Waals surface area contributed by atoms with Crippen LogP contribution in [0.4, 0.5) is 10.1 Å². The van der Waals surface area contributed by atoms with Crippen molar-refractivity contribution in [1.29, 1.82) is 0 Å². The molecule has 0 bridgehead atoms. The summed E-state index contributed by atoms with van der Waals surface area (Å²) in [6, 6.07) is 15.7. The van der Waals surface area contributed by atoms with Crippen LogP contribution in [0.5, 0.6) is 11.5 Å². The highest BCUT2D eigenvalue weighted by Crippen LogP contribution is 2.30. The van der Waals surface area contributed by atoms with Crippen LogP contribution in [0.25, 0.3) is 27.5 Å². The standard InChI is InChI=1S/C25H19FN4O4/c1-33-21-10-6-16(12-22(21)34-2)28-24(31)14-3-9-20-18(11-14)23-19(13-27-20)25(32)30(29-23)17-7-4-15(26)5-8-17/h3-13,29H,1-2H3,(H,28,31). The minimum atomic E-state index is -0.398. The van der Waals surface area contributed by atoms with E-state index in [0.717, 1.165) is 0 Å². The fraction of sp³-hybridized carbons (Fsp3) is 0.0800. The number of nitrogens with zero attached hydrogens (tertiary/aromatic N) is 2. The molecule has 2 N–H and O–H groups in total. The van der Waals surface area contributed by atoms with Crippen LogP contribution >= 0.6 is 0 Å². The second-order valence-corrected chi connectivity index (χ2v) is 7.53. The number of methoxy groups -OCH3 is 2. The van der Waals surface area contributed by atoms with E-state index in [0.29, 0.717) is 50.2 Å². The number of ether oxygens (including phenoxy) is 2. The summed E-state index contributed by atoms with van der Waals surface area (Å²) in [5, 5.41) is 6.87. The summed E-state index contributed by atoms with van der Waals surface area (Å²) in [6.07, 6.45) is 1.49. The zero-order chi connectivity index (χ0) is 23.8. The molecule has 0 aliphatic rings. The van der Waals surface area contributed by atoms with Gasteiger partial charge in [-0.3, -0.25) is 19.7 Å². The van der Waals surface area contributed by atoms with Crippen LogP contribution in [0.1, 0.15) is 10.4 Å². The Hall–Kier alpha value is -4.66. The minimum Gasteiger partial charge on any atom is -0.493 e. The molecular formula is C25H19FN4O4. The van der Waals surface area contributed by atoms with Crippen molar-refractivity contribution in [2.45, 2.75) is 0 Å². The number of benzene rings is 3. The number of fused-ring (bicyclic) bond motifs is 3. The average molecular weight is 458 g/mol. The topological polar surface area (TPSA) is 98.2 Å². The Morgan fingerprint density at radius 1 is 0.971 bits per heavy atom. The quantitative estimate of drug-likeness (QED) is 0.410. The van der Waals surface area contributed by atoms with Gasteiger partial charge in [-0.2, -0.15) is 0 Å². The zero-order valence-corrected chi connectivity index (χ0v) is 18.3. The Bertz CT molecular complexity index is 1610. The van der Waals surface area contributed by atoms with E-state index in [4.69, 9.17) is 9.47 Å². The molecule has 1 amide bonds. The summed E-state index contributed by atoms with van der Waals surface area (Å²) in [7, 11) is 3.05. The molecule has 8 nitrogen and oxygen atoms in total. The van der Waals surface area contributed by atoms with Gasteiger partial charge in [-0.1, -0.05) is 0 Å². The molecule has 0 saturated heterocycles. The van der Waals surface area contributed by atoms with Gasteiger partial charge in [0.05, 0.1) is 36.3 Å². The van der Waals surface area contributed by atoms with Gasteiger partial charge in [0.15, 0.2) is 11.5 Å². The predicted octanol–water partition coefficient (Wildman–Crippen LogP) is 4.28. The smallest absolute Gasteiger partial charge is 0.280 e. The van der Waals surface area contributed by atoms with E-state index in [1.807, 2.05) is 0 Å². The molecule has 2 heterocycles. The molecule has 0 aliphatic heterocycles. The van der Waals surface area contributed by atoms with Crippen molar-refractivity contribution >= 4 is 33.4 Å². The third-order valence-electron chi connectivity index (χ3n) is 5.51. The number of rotatable bonds is 5. The number of H-pyrrole nitrogens is 1. The summed E-state index contributed by atoms with van der Waals surface area (Å²) < 4.78 is 25.1. The summed E-state index contributed by atoms with van der Waals surface area (Å²) in [6.45, 7) is 0. The number of carbonyl (C=O) groups is 1. The van der Waals surface area contributed by atoms with Crippen LogP contribution in [0.3, 0.4) is 0 Å². The van der Waals surface area contributed by atoms with E-state index in [-0.39, 0.29) is 11.5 Å². The second kappa shape index (κ2) is 8.36. The van der Waals surface area contributed by atoms with E-state index < -0.39 is 5.82 Å². The Kier molecular flexibility index (Phi) is 5.21. The minimum absolute atomic E-state index is 0.323. The summed E-state index contributed by atoms with van der Waals surface area (Å²) >= 11 is 0. The first-order valence-corrected chi connectivity index (χ1v) is 10.3. The number of halogens is 1. The van der Waals surface area contributed by atoms with Crippen LogP contribution in [0, 0.1) is 5.82 Å². The van der Waals surface area contributed by atoms with Crippen molar-refractivity contribution in [3.63, 3.8) is 0 Å². The van der Waals surface area contributed by atoms with E-state index in [2.05, 4.69) is 15.4 Å². The molecule has 34 heavy (non-hydrogen) atoms. The molecule has 5 aromatic rings. The molecule has 170 valence electrons. The lowest BCUT2D eigenvalue weighted by Crippen LogP contribution is -2.14. The molecule has 3 aromatic carbocycles. The molecule has 0 unspecified atom stereocenters. The number of amides is 1. The fourth-order valence-electron chi connectivity index (χ4n) is 3.79. The lowest BCUT2D eigenvalue weighted by Gasteiger charge is -2.11. The van der Waals surface area contributed by atoms with Crippen LogP contribution in [-0.2, 0) is 0 Å². The number of carbonyl (C=O) groups excluding carboxylic acids is 1. The maximum atomic E-state index is 13.3. The van der Waals surface area contributed by atoms with E-state index in [1.165, 1.54) is 49.4 Å². The molecular weight excluding hydrogens is 439 g/mol. The van der Waals surface area contributed by atoms with Crippen LogP contribution in [-0.4, -0.2) is 34.9 Å². The lowest BCUT2D eigenvalue weighted by atomic mass is 10.1. The van der Waals surface area contributed by atoms with Crippen LogP contribution in [0.2, 0.25) is 0 Å². The average Bonchev–Trinajstić information content (AvgIpc) is 3.20. The largest absolute Gasteiger partial charge is 0.493 e. The van der Waals surface area contributed by atoms with E-state index >= 15 is 0 Å². The highest BCUT2D eigenvalue weighted by molar-refractivity contribution is 6.10. The van der Waals surface area contributed by atoms with Gasteiger partial charge >= 0.3 is 0 Å². The molecule has 0 aliphatic carbocycles. The number of aromatic amines is 1. The Balaban J connectivity index is 1.55. The van der Waals surface area contributed by atoms with Crippen molar-refractivity contribution in [2.24, 2.45) is 0 Å². The number of hydrogen-bond acceptors (Lipinski definition) is 5. The van der Waals surface area contributed by atoms with Crippen molar-refractivity contribution in [3.8, 4) is 17.2 Å². The van der Waals surface area contributed by atoms with Crippen molar-refractivity contribution < 1.29 is 18.7 Å². The number of hydrogen-bond donors (Lipinski definition) is 2. The second-order valence-electron chi connectivity index (χ2n) is 7.53. The van der Waals surface area contributed by atoms with Gasteiger partial charge in [-0.05, 0) is 54.6 Å². The van der Waals surface area contributed by atoms with Crippen molar-refractivity contribution in [2.75, 3.05) is 19.5 Å². The van der Waals surface area contributed by atoms with Gasteiger partial charge in [-0.15, -0.1) is 0 Å². The van der Waals surface area contributed by atoms with Crippen LogP contribution < -0.4 is 20.3 Å². The number of aromatic nitrogens is 3. The third kappa shape index (κ3) is 3.62. The molecule has 0 fully saturated rings. The molecule has 9 heteroatoms. The SMILES string of the molecule is COc1ccc(NC(=O)c2ccc3ncc4c(=O)n(-c5ccc(F)cc5)[nH]c4c3c2)cc1OC. The molecule has 5 rings (SSSR count). The highest BCUT2D eigenvalue weighted by Gasteiger charge is 2.15. The van der Waals surface area contributed by atoms with Gasteiger partial charge in [0.2, 0.25) is 0 Å². The van der Waals surface area contributed by atoms with Gasteiger partial charge in [0.25, 0.3) is 11.5 Å². The zero-order valence-electron chi connectivity index (χ0n) is 18.3. The summed E-state index contributed by atoms with van der Waals surface area (Å²) in [4.78, 5) is 30.2. The van der Waals surface area contributed by atoms with Crippen molar-refractivity contribution in [1.82, 2.24) is 14.8 Å². The van der Waals surface area contributed by atoms with Gasteiger partial charge in [0.1, 0.15) is 5.82 Å². The molecule has 2 aromatic heterocycles. The first-order chi connectivity index (χ1) is 16.5. The third-order valence-corrected chi connectivity index (χ3v) is 5.51. The highest BCUT2D eigenvalue weighted by atomic mass is 19.1. The molecule has 0 atom stereocenters. The summed E-state index contributed by atoms with van der Waals surface area (Å²) in [5.41, 5.74) is 2.22. The van der Waals surface area contributed by atoms with Gasteiger partial charge < -0.3 is 14.8 Å². The normalized spacial score (nSPS) is 11.0. The van der Waals surface area contributed by atoms with Gasteiger partial charge in [0, 0.05) is 28.9 Å². The molecule has 0 spiro atoms. The molecule has 0 saturated carbocycles. The Morgan fingerprint density at radius 3 is 2.47 bits per heavy atom. The Labute approximate surface area is 192 Å². The predicted molar refractivity (Wildman–Crippen MR) is 127 cm³/mol. The maximum Gasteiger partial charge on any atom is 0.280 e. The maximum absolute atomic E-state index is 13.3. The first-order valence-electron chi connectivity index (χ1n) is 10.3. The number of anilines is 1. The van der Waals surface area contributed by atoms with E-state index in [1.54, 1.807) is 36.4 Å². The van der Waals surface area contributed by atoms with Gasteiger partial charge in [-0.25, -0.2) is 9.07 Å². The molecule has 0 radical (unpaired) electrons. The van der Waals surface area contributed by atoms with Crippen LogP contribution in [0.15, 0.2) is 71.7 Å². The summed E-state index contributed by atoms with van der Waals surface area (Å²) in [5.74, 6) is 0.301. The number of pyridine rings is 1. The van der Waals surface area contributed by atoms with Crippen molar-refractivity contribution in [3.05, 3.63) is 88.6 Å². The number of nitrogens with one attached hydrogen (secondary N) is 2.